The van der Waals surface area contributed by atoms with Crippen LogP contribution in [0.15, 0.2) is 22.7 Å². The van der Waals surface area contributed by atoms with Crippen LogP contribution in [-0.4, -0.2) is 12.6 Å². The highest BCUT2D eigenvalue weighted by Gasteiger charge is 2.21. The summed E-state index contributed by atoms with van der Waals surface area (Å²) in [6, 6.07) is 7.98. The van der Waals surface area contributed by atoms with Gasteiger partial charge < -0.3 is 4.90 Å². The molecule has 0 unspecified atom stereocenters. The molecule has 0 spiro atoms. The van der Waals surface area contributed by atoms with E-state index < -0.39 is 0 Å². The second-order valence-electron chi connectivity index (χ2n) is 4.50. The smallest absolute Gasteiger partial charge is 0.100 e. The van der Waals surface area contributed by atoms with Crippen molar-refractivity contribution < 1.29 is 0 Å². The van der Waals surface area contributed by atoms with E-state index >= 15 is 0 Å². The first kappa shape index (κ1) is 13.1. The van der Waals surface area contributed by atoms with Crippen LogP contribution in [0.3, 0.4) is 0 Å². The van der Waals surface area contributed by atoms with Crippen molar-refractivity contribution in [1.82, 2.24) is 0 Å². The molecule has 2 nitrogen and oxygen atoms in total. The summed E-state index contributed by atoms with van der Waals surface area (Å²) in [5, 5.41) is 8.86. The largest absolute Gasteiger partial charge is 0.369 e. The quantitative estimate of drug-likeness (QED) is 0.839. The van der Waals surface area contributed by atoms with Gasteiger partial charge >= 0.3 is 0 Å². The maximum absolute atomic E-state index is 8.86. The van der Waals surface area contributed by atoms with Crippen molar-refractivity contribution in [2.45, 2.75) is 32.7 Å². The topological polar surface area (TPSA) is 27.0 Å². The van der Waals surface area contributed by atoms with Crippen LogP contribution in [0.1, 0.15) is 32.8 Å². The molecule has 0 heterocycles. The highest BCUT2D eigenvalue weighted by atomic mass is 79.9. The molecule has 0 radical (unpaired) electrons. The fourth-order valence-corrected chi connectivity index (χ4v) is 1.85. The van der Waals surface area contributed by atoms with Gasteiger partial charge in [0.25, 0.3) is 0 Å². The molecule has 0 saturated carbocycles. The van der Waals surface area contributed by atoms with Gasteiger partial charge in [0.15, 0.2) is 0 Å². The Kier molecular flexibility index (Phi) is 3.98. The first-order chi connectivity index (χ1) is 7.42. The van der Waals surface area contributed by atoms with Crippen LogP contribution in [0.2, 0.25) is 0 Å². The Hall–Kier alpha value is -1.01. The summed E-state index contributed by atoms with van der Waals surface area (Å²) in [6.07, 6.45) is 1.07. The van der Waals surface area contributed by atoms with Crippen molar-refractivity contribution in [3.8, 4) is 6.07 Å². The normalized spacial score (nSPS) is 11.0. The fraction of sp³-hybridized carbons (Fsp3) is 0.462. The average molecular weight is 281 g/mol. The van der Waals surface area contributed by atoms with E-state index in [0.29, 0.717) is 5.56 Å². The van der Waals surface area contributed by atoms with Gasteiger partial charge in [-0.25, -0.2) is 0 Å². The van der Waals surface area contributed by atoms with Gasteiger partial charge in [-0.3, -0.25) is 0 Å². The summed E-state index contributed by atoms with van der Waals surface area (Å²) in [5.74, 6) is 0. The van der Waals surface area contributed by atoms with E-state index in [1.165, 1.54) is 0 Å². The van der Waals surface area contributed by atoms with Crippen LogP contribution in [0.5, 0.6) is 0 Å². The maximum atomic E-state index is 8.86. The molecule has 3 heteroatoms. The molecule has 0 fully saturated rings. The van der Waals surface area contributed by atoms with Crippen molar-refractivity contribution in [2.24, 2.45) is 0 Å². The lowest BCUT2D eigenvalue weighted by Gasteiger charge is -2.37. The summed E-state index contributed by atoms with van der Waals surface area (Å²) in [7, 11) is 2.08. The lowest BCUT2D eigenvalue weighted by Crippen LogP contribution is -2.40. The van der Waals surface area contributed by atoms with Crippen molar-refractivity contribution >= 4 is 21.6 Å². The molecular weight excluding hydrogens is 264 g/mol. The van der Waals surface area contributed by atoms with Gasteiger partial charge in [0, 0.05) is 22.7 Å². The van der Waals surface area contributed by atoms with Gasteiger partial charge in [-0.05, 0) is 54.4 Å². The minimum atomic E-state index is 0.119. The second kappa shape index (κ2) is 4.88. The highest BCUT2D eigenvalue weighted by molar-refractivity contribution is 9.10. The van der Waals surface area contributed by atoms with Gasteiger partial charge in [0.1, 0.15) is 6.07 Å². The van der Waals surface area contributed by atoms with Gasteiger partial charge in [0.05, 0.1) is 5.56 Å². The molecule has 1 rings (SSSR count). The summed E-state index contributed by atoms with van der Waals surface area (Å²) in [4.78, 5) is 2.24. The van der Waals surface area contributed by atoms with Gasteiger partial charge in [0.2, 0.25) is 0 Å². The van der Waals surface area contributed by atoms with Crippen molar-refractivity contribution in [1.29, 1.82) is 5.26 Å². The van der Waals surface area contributed by atoms with Crippen LogP contribution < -0.4 is 4.90 Å². The molecule has 0 aliphatic carbocycles. The number of nitriles is 1. The van der Waals surface area contributed by atoms with E-state index in [2.05, 4.69) is 54.7 Å². The van der Waals surface area contributed by atoms with Crippen LogP contribution >= 0.6 is 15.9 Å². The predicted octanol–water partition coefficient (Wildman–Crippen LogP) is 3.95. The summed E-state index contributed by atoms with van der Waals surface area (Å²) in [6.45, 7) is 6.59. The first-order valence-corrected chi connectivity index (χ1v) is 6.15. The van der Waals surface area contributed by atoms with Crippen LogP contribution in [-0.2, 0) is 0 Å². The van der Waals surface area contributed by atoms with E-state index in [1.807, 2.05) is 18.2 Å². The Morgan fingerprint density at radius 3 is 2.50 bits per heavy atom. The van der Waals surface area contributed by atoms with E-state index in [0.717, 1.165) is 16.6 Å². The van der Waals surface area contributed by atoms with E-state index in [9.17, 15) is 0 Å². The third-order valence-corrected chi connectivity index (χ3v) is 3.89. The van der Waals surface area contributed by atoms with E-state index in [1.54, 1.807) is 0 Å². The van der Waals surface area contributed by atoms with E-state index in [4.69, 9.17) is 5.26 Å². The molecule has 0 amide bonds. The Morgan fingerprint density at radius 1 is 1.44 bits per heavy atom. The summed E-state index contributed by atoms with van der Waals surface area (Å²) < 4.78 is 0.853. The SMILES string of the molecule is CCC(C)(C)N(C)c1ccc(C#N)c(Br)c1. The zero-order chi connectivity index (χ0) is 12.3. The number of nitrogens with zero attached hydrogens (tertiary/aromatic N) is 2. The predicted molar refractivity (Wildman–Crippen MR) is 71.6 cm³/mol. The average Bonchev–Trinajstić information content (AvgIpc) is 2.27. The molecule has 86 valence electrons. The fourth-order valence-electron chi connectivity index (χ4n) is 1.39. The van der Waals surface area contributed by atoms with Gasteiger partial charge in [-0.1, -0.05) is 6.92 Å². The van der Waals surface area contributed by atoms with E-state index in [-0.39, 0.29) is 5.54 Å². The van der Waals surface area contributed by atoms with Crippen molar-refractivity contribution in [3.63, 3.8) is 0 Å². The molecule has 0 N–H and O–H groups in total. The minimum absolute atomic E-state index is 0.119. The molecule has 1 aromatic rings. The van der Waals surface area contributed by atoms with Crippen LogP contribution in [0, 0.1) is 11.3 Å². The lowest BCUT2D eigenvalue weighted by molar-refractivity contribution is 0.471. The molecule has 1 aromatic carbocycles. The molecule has 0 aliphatic rings. The number of benzene rings is 1. The van der Waals surface area contributed by atoms with Gasteiger partial charge in [-0.2, -0.15) is 5.26 Å². The molecule has 16 heavy (non-hydrogen) atoms. The summed E-state index contributed by atoms with van der Waals surface area (Å²) >= 11 is 3.42. The zero-order valence-electron chi connectivity index (χ0n) is 10.2. The molecule has 0 aromatic heterocycles. The van der Waals surface area contributed by atoms with Crippen LogP contribution in [0.25, 0.3) is 0 Å². The molecule has 0 bridgehead atoms. The number of anilines is 1. The molecule has 0 saturated heterocycles. The summed E-state index contributed by atoms with van der Waals surface area (Å²) in [5.41, 5.74) is 1.91. The second-order valence-corrected chi connectivity index (χ2v) is 5.36. The molecule has 0 aliphatic heterocycles. The van der Waals surface area contributed by atoms with Crippen molar-refractivity contribution in [2.75, 3.05) is 11.9 Å². The standard InChI is InChI=1S/C13H17BrN2/c1-5-13(2,3)16(4)11-7-6-10(9-15)12(14)8-11/h6-8H,5H2,1-4H3. The number of rotatable bonds is 3. The minimum Gasteiger partial charge on any atom is -0.369 e. The third kappa shape index (κ3) is 2.56. The van der Waals surface area contributed by atoms with Crippen molar-refractivity contribution in [3.05, 3.63) is 28.2 Å². The Morgan fingerprint density at radius 2 is 2.06 bits per heavy atom. The maximum Gasteiger partial charge on any atom is 0.100 e. The highest BCUT2D eigenvalue weighted by Crippen LogP contribution is 2.28. The zero-order valence-corrected chi connectivity index (χ0v) is 11.8. The first-order valence-electron chi connectivity index (χ1n) is 5.36. The third-order valence-electron chi connectivity index (χ3n) is 3.23. The Labute approximate surface area is 106 Å². The Balaban J connectivity index is 3.08. The lowest BCUT2D eigenvalue weighted by atomic mass is 9.99. The molecular formula is C13H17BrN2. The van der Waals surface area contributed by atoms with Gasteiger partial charge in [-0.15, -0.1) is 0 Å². The number of hydrogen-bond acceptors (Lipinski definition) is 2. The number of halogens is 1. The Bertz CT molecular complexity index is 418. The van der Waals surface area contributed by atoms with Crippen LogP contribution in [0.4, 0.5) is 5.69 Å². The molecule has 0 atom stereocenters. The number of hydrogen-bond donors (Lipinski definition) is 0. The monoisotopic (exact) mass is 280 g/mol.